The zero-order chi connectivity index (χ0) is 13.7. The van der Waals surface area contributed by atoms with Gasteiger partial charge in [0, 0.05) is 12.2 Å². The first-order valence-electron chi connectivity index (χ1n) is 6.21. The molecule has 7 heteroatoms. The topological polar surface area (TPSA) is 88.8 Å². The standard InChI is InChI=1S/C12H18N6O/c1-8(2)14-7-11-17-18-12(19-11)15-6-10-4-5-13-9(3)16-10/h4-5,8,14H,6-7H2,1-3H3,(H,15,18). The zero-order valence-electron chi connectivity index (χ0n) is 11.3. The number of nitrogens with one attached hydrogen (secondary N) is 2. The van der Waals surface area contributed by atoms with Crippen LogP contribution in [0.5, 0.6) is 0 Å². The van der Waals surface area contributed by atoms with Gasteiger partial charge in [-0.25, -0.2) is 9.97 Å². The van der Waals surface area contributed by atoms with Crippen molar-refractivity contribution in [3.63, 3.8) is 0 Å². The molecule has 2 aromatic rings. The molecular formula is C12H18N6O. The van der Waals surface area contributed by atoms with Crippen LogP contribution in [0.3, 0.4) is 0 Å². The Labute approximate surface area is 111 Å². The van der Waals surface area contributed by atoms with Gasteiger partial charge in [0.15, 0.2) is 0 Å². The van der Waals surface area contributed by atoms with Crippen molar-refractivity contribution < 1.29 is 4.42 Å². The Balaban J connectivity index is 1.86. The number of anilines is 1. The predicted octanol–water partition coefficient (Wildman–Crippen LogP) is 1.28. The first kappa shape index (κ1) is 13.4. The van der Waals surface area contributed by atoms with E-state index in [0.717, 1.165) is 11.5 Å². The summed E-state index contributed by atoms with van der Waals surface area (Å²) < 4.78 is 5.45. The van der Waals surface area contributed by atoms with Gasteiger partial charge in [0.2, 0.25) is 5.89 Å². The van der Waals surface area contributed by atoms with Crippen molar-refractivity contribution in [2.24, 2.45) is 0 Å². The summed E-state index contributed by atoms with van der Waals surface area (Å²) in [7, 11) is 0. The molecule has 2 rings (SSSR count). The van der Waals surface area contributed by atoms with Gasteiger partial charge in [-0.3, -0.25) is 0 Å². The van der Waals surface area contributed by atoms with Gasteiger partial charge in [-0.1, -0.05) is 18.9 Å². The fraction of sp³-hybridized carbons (Fsp3) is 0.500. The Morgan fingerprint density at radius 3 is 2.84 bits per heavy atom. The number of aryl methyl sites for hydroxylation is 1. The maximum Gasteiger partial charge on any atom is 0.315 e. The van der Waals surface area contributed by atoms with Crippen LogP contribution in [0.1, 0.15) is 31.3 Å². The van der Waals surface area contributed by atoms with Crippen LogP contribution in [-0.4, -0.2) is 26.2 Å². The van der Waals surface area contributed by atoms with Crippen LogP contribution in [-0.2, 0) is 13.1 Å². The Kier molecular flexibility index (Phi) is 4.40. The van der Waals surface area contributed by atoms with Gasteiger partial charge in [0.05, 0.1) is 18.8 Å². The third-order valence-corrected chi connectivity index (χ3v) is 2.38. The fourth-order valence-electron chi connectivity index (χ4n) is 1.46. The van der Waals surface area contributed by atoms with E-state index in [4.69, 9.17) is 4.42 Å². The van der Waals surface area contributed by atoms with E-state index in [1.54, 1.807) is 6.20 Å². The van der Waals surface area contributed by atoms with Crippen molar-refractivity contribution >= 4 is 6.01 Å². The van der Waals surface area contributed by atoms with Crippen LogP contribution in [0, 0.1) is 6.92 Å². The molecule has 0 radical (unpaired) electrons. The lowest BCUT2D eigenvalue weighted by molar-refractivity contribution is 0.458. The molecule has 2 N–H and O–H groups in total. The van der Waals surface area contributed by atoms with E-state index in [9.17, 15) is 0 Å². The van der Waals surface area contributed by atoms with Gasteiger partial charge in [-0.15, -0.1) is 5.10 Å². The third-order valence-electron chi connectivity index (χ3n) is 2.38. The summed E-state index contributed by atoms with van der Waals surface area (Å²) in [6, 6.07) is 2.63. The molecule has 0 atom stereocenters. The van der Waals surface area contributed by atoms with E-state index in [2.05, 4.69) is 44.6 Å². The first-order chi connectivity index (χ1) is 9.13. The predicted molar refractivity (Wildman–Crippen MR) is 70.4 cm³/mol. The highest BCUT2D eigenvalue weighted by Gasteiger charge is 2.06. The second-order valence-corrected chi connectivity index (χ2v) is 4.49. The van der Waals surface area contributed by atoms with E-state index in [0.29, 0.717) is 31.0 Å². The van der Waals surface area contributed by atoms with E-state index in [1.807, 2.05) is 13.0 Å². The molecule has 0 spiro atoms. The Hall–Kier alpha value is -2.02. The van der Waals surface area contributed by atoms with Gasteiger partial charge >= 0.3 is 6.01 Å². The van der Waals surface area contributed by atoms with Crippen LogP contribution >= 0.6 is 0 Å². The molecule has 19 heavy (non-hydrogen) atoms. The Bertz CT molecular complexity index is 524. The maximum atomic E-state index is 5.45. The van der Waals surface area contributed by atoms with Gasteiger partial charge in [0.25, 0.3) is 0 Å². The van der Waals surface area contributed by atoms with Gasteiger partial charge in [-0.2, -0.15) is 0 Å². The van der Waals surface area contributed by atoms with Gasteiger partial charge in [0.1, 0.15) is 5.82 Å². The highest BCUT2D eigenvalue weighted by Crippen LogP contribution is 2.07. The second-order valence-electron chi connectivity index (χ2n) is 4.49. The van der Waals surface area contributed by atoms with E-state index < -0.39 is 0 Å². The minimum Gasteiger partial charge on any atom is -0.407 e. The van der Waals surface area contributed by atoms with Gasteiger partial charge < -0.3 is 15.1 Å². The van der Waals surface area contributed by atoms with Crippen LogP contribution in [0.2, 0.25) is 0 Å². The number of nitrogens with zero attached hydrogens (tertiary/aromatic N) is 4. The summed E-state index contributed by atoms with van der Waals surface area (Å²) in [5.74, 6) is 1.31. The molecule has 2 aromatic heterocycles. The lowest BCUT2D eigenvalue weighted by Crippen LogP contribution is -2.21. The smallest absolute Gasteiger partial charge is 0.315 e. The second kappa shape index (κ2) is 6.24. The van der Waals surface area contributed by atoms with E-state index >= 15 is 0 Å². The summed E-state index contributed by atoms with van der Waals surface area (Å²) in [5, 5.41) is 14.1. The van der Waals surface area contributed by atoms with Gasteiger partial charge in [-0.05, 0) is 13.0 Å². The average molecular weight is 262 g/mol. The molecule has 102 valence electrons. The van der Waals surface area contributed by atoms with E-state index in [1.165, 1.54) is 0 Å². The summed E-state index contributed by atoms with van der Waals surface area (Å²) in [6.45, 7) is 7.08. The molecular weight excluding hydrogens is 244 g/mol. The van der Waals surface area contributed by atoms with Crippen molar-refractivity contribution in [3.05, 3.63) is 29.7 Å². The largest absolute Gasteiger partial charge is 0.407 e. The third kappa shape index (κ3) is 4.29. The number of rotatable bonds is 6. The lowest BCUT2D eigenvalue weighted by Gasteiger charge is -2.03. The molecule has 0 aliphatic rings. The number of aromatic nitrogens is 4. The fourth-order valence-corrected chi connectivity index (χ4v) is 1.46. The summed E-state index contributed by atoms with van der Waals surface area (Å²) in [6.07, 6.45) is 1.73. The number of hydrogen-bond acceptors (Lipinski definition) is 7. The summed E-state index contributed by atoms with van der Waals surface area (Å²) in [4.78, 5) is 8.32. The molecule has 7 nitrogen and oxygen atoms in total. The Morgan fingerprint density at radius 1 is 1.26 bits per heavy atom. The van der Waals surface area contributed by atoms with E-state index in [-0.39, 0.29) is 0 Å². The van der Waals surface area contributed by atoms with Crippen LogP contribution in [0.25, 0.3) is 0 Å². The molecule has 0 saturated heterocycles. The quantitative estimate of drug-likeness (QED) is 0.810. The van der Waals surface area contributed by atoms with Crippen molar-refractivity contribution in [1.82, 2.24) is 25.5 Å². The first-order valence-corrected chi connectivity index (χ1v) is 6.21. The molecule has 0 aromatic carbocycles. The van der Waals surface area contributed by atoms with Crippen molar-refractivity contribution in [1.29, 1.82) is 0 Å². The zero-order valence-corrected chi connectivity index (χ0v) is 11.3. The average Bonchev–Trinajstić information content (AvgIpc) is 2.82. The van der Waals surface area contributed by atoms with Crippen LogP contribution in [0.4, 0.5) is 6.01 Å². The summed E-state index contributed by atoms with van der Waals surface area (Å²) >= 11 is 0. The molecule has 2 heterocycles. The maximum absolute atomic E-state index is 5.45. The number of hydrogen-bond donors (Lipinski definition) is 2. The molecule has 0 bridgehead atoms. The van der Waals surface area contributed by atoms with Crippen LogP contribution in [0.15, 0.2) is 16.7 Å². The Morgan fingerprint density at radius 2 is 2.11 bits per heavy atom. The molecule has 0 unspecified atom stereocenters. The molecule has 0 saturated carbocycles. The van der Waals surface area contributed by atoms with Crippen LogP contribution < -0.4 is 10.6 Å². The normalized spacial score (nSPS) is 10.9. The minimum atomic E-state index is 0.382. The lowest BCUT2D eigenvalue weighted by atomic mass is 10.4. The highest BCUT2D eigenvalue weighted by atomic mass is 16.4. The monoisotopic (exact) mass is 262 g/mol. The van der Waals surface area contributed by atoms with Crippen molar-refractivity contribution in [3.8, 4) is 0 Å². The summed E-state index contributed by atoms with van der Waals surface area (Å²) in [5.41, 5.74) is 0.882. The highest BCUT2D eigenvalue weighted by molar-refractivity contribution is 5.19. The molecule has 0 fully saturated rings. The molecule has 0 aliphatic carbocycles. The van der Waals surface area contributed by atoms with Crippen molar-refractivity contribution in [2.75, 3.05) is 5.32 Å². The molecule has 0 aliphatic heterocycles. The minimum absolute atomic E-state index is 0.382. The molecule has 0 amide bonds. The van der Waals surface area contributed by atoms with Crippen molar-refractivity contribution in [2.45, 2.75) is 39.9 Å². The SMILES string of the molecule is Cc1nccc(CNc2nnc(CNC(C)C)o2)n1.